The minimum atomic E-state index is -0.617. The molecule has 0 saturated heterocycles. The van der Waals surface area contributed by atoms with Crippen LogP contribution < -0.4 is 0 Å². The maximum absolute atomic E-state index is 11.4. The molecule has 0 atom stereocenters. The molecule has 0 saturated carbocycles. The number of esters is 2. The van der Waals surface area contributed by atoms with Crippen LogP contribution in [0.4, 0.5) is 0 Å². The lowest BCUT2D eigenvalue weighted by atomic mass is 10.2. The van der Waals surface area contributed by atoms with Crippen molar-refractivity contribution in [1.29, 1.82) is 0 Å². The summed E-state index contributed by atoms with van der Waals surface area (Å²) in [5, 5.41) is 0. The maximum Gasteiger partial charge on any atom is 0.375 e. The van der Waals surface area contributed by atoms with Crippen LogP contribution in [-0.4, -0.2) is 25.2 Å². The Morgan fingerprint density at radius 3 is 2.40 bits per heavy atom. The van der Waals surface area contributed by atoms with Crippen LogP contribution in [-0.2, 0) is 9.47 Å². The Labute approximate surface area is 86.0 Å². The Morgan fingerprint density at radius 2 is 1.67 bits per heavy atom. The number of hydrogen-bond donors (Lipinski definition) is 0. The van der Waals surface area contributed by atoms with Gasteiger partial charge in [-0.3, -0.25) is 0 Å². The average molecular weight is 210 g/mol. The summed E-state index contributed by atoms with van der Waals surface area (Å²) in [5.74, 6) is -1.24. The lowest BCUT2D eigenvalue weighted by Crippen LogP contribution is -2.15. The summed E-state index contributed by atoms with van der Waals surface area (Å²) in [7, 11) is 0. The number of fused-ring (bicyclic) bond motifs is 1. The minimum absolute atomic E-state index is 0.0816. The van der Waals surface area contributed by atoms with Crippen molar-refractivity contribution in [3.8, 4) is 0 Å². The van der Waals surface area contributed by atoms with Gasteiger partial charge in [0, 0.05) is 0 Å². The lowest BCUT2D eigenvalue weighted by Gasteiger charge is -2.08. The zero-order valence-electron chi connectivity index (χ0n) is 8.02. The van der Waals surface area contributed by atoms with Crippen LogP contribution in [0.5, 0.6) is 0 Å². The van der Waals surface area contributed by atoms with Gasteiger partial charge in [-0.15, -0.1) is 0 Å². The molecule has 80 valence electrons. The Kier molecular flexibility index (Phi) is 2.71. The van der Waals surface area contributed by atoms with Crippen LogP contribution in [0.1, 0.15) is 33.8 Å². The summed E-state index contributed by atoms with van der Waals surface area (Å²) >= 11 is 0. The van der Waals surface area contributed by atoms with Gasteiger partial charge in [-0.05, 0) is 18.9 Å². The Balaban J connectivity index is 2.29. The number of furan rings is 1. The summed E-state index contributed by atoms with van der Waals surface area (Å²) in [5.41, 5.74) is 0.127. The van der Waals surface area contributed by atoms with Crippen LogP contribution in [0.3, 0.4) is 0 Å². The van der Waals surface area contributed by atoms with E-state index in [1.54, 1.807) is 0 Å². The van der Waals surface area contributed by atoms with E-state index in [1.807, 2.05) is 0 Å². The molecule has 0 fully saturated rings. The molecule has 2 heterocycles. The van der Waals surface area contributed by atoms with Gasteiger partial charge in [0.15, 0.2) is 0 Å². The van der Waals surface area contributed by atoms with Crippen molar-refractivity contribution in [2.75, 3.05) is 13.2 Å². The molecule has 15 heavy (non-hydrogen) atoms. The van der Waals surface area contributed by atoms with Gasteiger partial charge in [0.05, 0.1) is 19.5 Å². The average Bonchev–Trinajstić information content (AvgIpc) is 2.70. The van der Waals surface area contributed by atoms with Crippen LogP contribution in [0.25, 0.3) is 0 Å². The number of carbonyl (C=O) groups is 2. The predicted molar refractivity (Wildman–Crippen MR) is 48.5 cm³/mol. The first-order chi connectivity index (χ1) is 7.29. The van der Waals surface area contributed by atoms with Crippen LogP contribution in [0.2, 0.25) is 0 Å². The highest BCUT2D eigenvalue weighted by molar-refractivity contribution is 6.01. The molecule has 0 amide bonds. The smallest absolute Gasteiger partial charge is 0.375 e. The van der Waals surface area contributed by atoms with E-state index in [9.17, 15) is 9.59 Å². The third kappa shape index (κ3) is 2.01. The van der Waals surface area contributed by atoms with Gasteiger partial charge in [-0.1, -0.05) is 0 Å². The van der Waals surface area contributed by atoms with Crippen molar-refractivity contribution >= 4 is 11.9 Å². The van der Waals surface area contributed by atoms with E-state index < -0.39 is 11.9 Å². The molecule has 0 bridgehead atoms. The highest BCUT2D eigenvalue weighted by Gasteiger charge is 2.23. The maximum atomic E-state index is 11.4. The molecule has 0 aromatic carbocycles. The second-order valence-corrected chi connectivity index (χ2v) is 3.14. The lowest BCUT2D eigenvalue weighted by molar-refractivity contribution is 0.0368. The molecule has 0 aliphatic carbocycles. The van der Waals surface area contributed by atoms with Gasteiger partial charge in [0.25, 0.3) is 0 Å². The first kappa shape index (κ1) is 9.76. The molecule has 2 rings (SSSR count). The highest BCUT2D eigenvalue weighted by atomic mass is 16.6. The first-order valence-corrected chi connectivity index (χ1v) is 4.71. The third-order valence-corrected chi connectivity index (χ3v) is 2.08. The molecule has 0 radical (unpaired) electrons. The summed E-state index contributed by atoms with van der Waals surface area (Å²) < 4.78 is 14.8. The Morgan fingerprint density at radius 1 is 1.00 bits per heavy atom. The van der Waals surface area contributed by atoms with E-state index in [2.05, 4.69) is 0 Å². The number of cyclic esters (lactones) is 2. The van der Waals surface area contributed by atoms with Crippen molar-refractivity contribution in [3.05, 3.63) is 23.7 Å². The Bertz CT molecular complexity index is 344. The standard InChI is InChI=1S/C10H10O5/c11-9-7-3-6-13-8(7)10(12)15-5-2-1-4-14-9/h3,6H,1-2,4-5H2. The third-order valence-electron chi connectivity index (χ3n) is 2.08. The summed E-state index contributed by atoms with van der Waals surface area (Å²) in [4.78, 5) is 22.8. The molecule has 1 aliphatic heterocycles. The predicted octanol–water partition coefficient (Wildman–Crippen LogP) is 1.39. The summed E-state index contributed by atoms with van der Waals surface area (Å²) in [6, 6.07) is 1.40. The van der Waals surface area contributed by atoms with E-state index in [0.717, 1.165) is 0 Å². The fourth-order valence-corrected chi connectivity index (χ4v) is 1.31. The number of rotatable bonds is 0. The molecule has 5 nitrogen and oxygen atoms in total. The zero-order chi connectivity index (χ0) is 10.7. The first-order valence-electron chi connectivity index (χ1n) is 4.71. The van der Waals surface area contributed by atoms with Crippen LogP contribution >= 0.6 is 0 Å². The van der Waals surface area contributed by atoms with Gasteiger partial charge >= 0.3 is 11.9 Å². The zero-order valence-corrected chi connectivity index (χ0v) is 8.02. The molecule has 1 aromatic heterocycles. The van der Waals surface area contributed by atoms with Gasteiger partial charge in [-0.2, -0.15) is 0 Å². The number of carbonyl (C=O) groups excluding carboxylic acids is 2. The van der Waals surface area contributed by atoms with Crippen molar-refractivity contribution < 1.29 is 23.5 Å². The van der Waals surface area contributed by atoms with Crippen molar-refractivity contribution in [1.82, 2.24) is 0 Å². The normalized spacial score (nSPS) is 17.6. The fourth-order valence-electron chi connectivity index (χ4n) is 1.31. The second kappa shape index (κ2) is 4.16. The minimum Gasteiger partial charge on any atom is -0.462 e. The molecular weight excluding hydrogens is 200 g/mol. The molecule has 0 spiro atoms. The number of hydrogen-bond acceptors (Lipinski definition) is 5. The van der Waals surface area contributed by atoms with Gasteiger partial charge in [0.2, 0.25) is 5.76 Å². The SMILES string of the molecule is O=C1OCCCCOC(=O)c2occc21. The topological polar surface area (TPSA) is 65.7 Å². The van der Waals surface area contributed by atoms with Crippen molar-refractivity contribution in [3.63, 3.8) is 0 Å². The number of ether oxygens (including phenoxy) is 2. The van der Waals surface area contributed by atoms with Crippen molar-refractivity contribution in [2.45, 2.75) is 12.8 Å². The molecule has 1 aliphatic rings. The largest absolute Gasteiger partial charge is 0.462 e. The quantitative estimate of drug-likeness (QED) is 0.605. The monoisotopic (exact) mass is 210 g/mol. The second-order valence-electron chi connectivity index (χ2n) is 3.14. The van der Waals surface area contributed by atoms with E-state index in [4.69, 9.17) is 13.9 Å². The van der Waals surface area contributed by atoms with Gasteiger partial charge < -0.3 is 13.9 Å². The van der Waals surface area contributed by atoms with E-state index >= 15 is 0 Å². The van der Waals surface area contributed by atoms with E-state index in [1.165, 1.54) is 12.3 Å². The molecule has 1 aromatic rings. The molecule has 0 unspecified atom stereocenters. The highest BCUT2D eigenvalue weighted by Crippen LogP contribution is 2.15. The van der Waals surface area contributed by atoms with Gasteiger partial charge in [0.1, 0.15) is 5.56 Å². The van der Waals surface area contributed by atoms with Crippen molar-refractivity contribution in [2.24, 2.45) is 0 Å². The fraction of sp³-hybridized carbons (Fsp3) is 0.400. The van der Waals surface area contributed by atoms with Crippen LogP contribution in [0.15, 0.2) is 16.7 Å². The van der Waals surface area contributed by atoms with Crippen LogP contribution in [0, 0.1) is 0 Å². The molecule has 5 heteroatoms. The molecular formula is C10H10O5. The van der Waals surface area contributed by atoms with E-state index in [-0.39, 0.29) is 11.3 Å². The molecule has 0 N–H and O–H groups in total. The van der Waals surface area contributed by atoms with Gasteiger partial charge in [-0.25, -0.2) is 9.59 Å². The van der Waals surface area contributed by atoms with E-state index in [0.29, 0.717) is 26.1 Å². The summed E-state index contributed by atoms with van der Waals surface area (Å²) in [6.07, 6.45) is 2.63. The Hall–Kier alpha value is -1.78. The summed E-state index contributed by atoms with van der Waals surface area (Å²) in [6.45, 7) is 0.650.